The molecule has 0 spiro atoms. The van der Waals surface area contributed by atoms with Crippen LogP contribution in [-0.2, 0) is 4.74 Å². The second kappa shape index (κ2) is 5.22. The summed E-state index contributed by atoms with van der Waals surface area (Å²) in [5.74, 6) is -2.49. The van der Waals surface area contributed by atoms with Crippen molar-refractivity contribution in [2.45, 2.75) is 31.9 Å². The lowest BCUT2D eigenvalue weighted by Gasteiger charge is -2.34. The van der Waals surface area contributed by atoms with E-state index in [1.54, 1.807) is 0 Å². The molecule has 5 heteroatoms. The highest BCUT2D eigenvalue weighted by Gasteiger charge is 2.36. The fourth-order valence-electron chi connectivity index (χ4n) is 2.99. The van der Waals surface area contributed by atoms with Crippen LogP contribution in [0.3, 0.4) is 0 Å². The van der Waals surface area contributed by atoms with E-state index in [1.807, 2.05) is 0 Å². The van der Waals surface area contributed by atoms with Crippen LogP contribution >= 0.6 is 0 Å². The topological polar surface area (TPSA) is 29.5 Å². The lowest BCUT2D eigenvalue weighted by Crippen LogP contribution is -2.49. The van der Waals surface area contributed by atoms with Crippen molar-refractivity contribution < 1.29 is 18.3 Å². The first-order chi connectivity index (χ1) is 9.58. The molecule has 0 aromatic heterocycles. The van der Waals surface area contributed by atoms with Gasteiger partial charge in [-0.05, 0) is 37.9 Å². The molecule has 20 heavy (non-hydrogen) atoms. The molecule has 2 fully saturated rings. The van der Waals surface area contributed by atoms with Crippen molar-refractivity contribution >= 4 is 5.78 Å². The van der Waals surface area contributed by atoms with Crippen LogP contribution in [0.4, 0.5) is 8.78 Å². The molecule has 0 saturated carbocycles. The lowest BCUT2D eigenvalue weighted by molar-refractivity contribution is -0.0346. The average molecular weight is 281 g/mol. The second-order valence-corrected chi connectivity index (χ2v) is 5.54. The van der Waals surface area contributed by atoms with Crippen LogP contribution in [0, 0.1) is 18.6 Å². The van der Waals surface area contributed by atoms with Crippen molar-refractivity contribution in [1.82, 2.24) is 4.90 Å². The van der Waals surface area contributed by atoms with Crippen LogP contribution in [0.2, 0.25) is 0 Å². The largest absolute Gasteiger partial charge is 0.367 e. The molecule has 3 nitrogen and oxygen atoms in total. The number of hydrogen-bond donors (Lipinski definition) is 0. The molecule has 2 aliphatic heterocycles. The maximum atomic E-state index is 13.9. The van der Waals surface area contributed by atoms with Crippen molar-refractivity contribution in [1.29, 1.82) is 0 Å². The van der Waals surface area contributed by atoms with Crippen LogP contribution in [0.15, 0.2) is 12.1 Å². The van der Waals surface area contributed by atoms with E-state index in [0.29, 0.717) is 19.2 Å². The van der Waals surface area contributed by atoms with Gasteiger partial charge >= 0.3 is 0 Å². The Bertz CT molecular complexity index is 547. The minimum absolute atomic E-state index is 0.197. The van der Waals surface area contributed by atoms with Gasteiger partial charge < -0.3 is 4.74 Å². The first kappa shape index (κ1) is 13.6. The molecule has 3 rings (SSSR count). The molecular weight excluding hydrogens is 264 g/mol. The van der Waals surface area contributed by atoms with Crippen molar-refractivity contribution in [3.63, 3.8) is 0 Å². The zero-order chi connectivity index (χ0) is 14.3. The summed E-state index contributed by atoms with van der Waals surface area (Å²) < 4.78 is 33.0. The van der Waals surface area contributed by atoms with Crippen LogP contribution < -0.4 is 0 Å². The fraction of sp³-hybridized carbons (Fsp3) is 0.533. The van der Waals surface area contributed by atoms with Crippen molar-refractivity contribution in [3.05, 3.63) is 34.9 Å². The zero-order valence-corrected chi connectivity index (χ0v) is 11.4. The number of fused-ring (bicyclic) bond motifs is 1. The van der Waals surface area contributed by atoms with Crippen LogP contribution in [0.1, 0.15) is 28.8 Å². The third-order valence-corrected chi connectivity index (χ3v) is 4.22. The van der Waals surface area contributed by atoms with Crippen molar-refractivity contribution in [2.24, 2.45) is 0 Å². The molecule has 2 saturated heterocycles. The molecule has 1 aromatic carbocycles. The summed E-state index contributed by atoms with van der Waals surface area (Å²) in [6.07, 6.45) is 1.48. The summed E-state index contributed by atoms with van der Waals surface area (Å²) in [6.45, 7) is 3.38. The Morgan fingerprint density at radius 2 is 2.15 bits per heavy atom. The van der Waals surface area contributed by atoms with Gasteiger partial charge in [-0.1, -0.05) is 6.07 Å². The predicted molar refractivity (Wildman–Crippen MR) is 69.8 cm³/mol. The number of hydrogen-bond acceptors (Lipinski definition) is 3. The summed E-state index contributed by atoms with van der Waals surface area (Å²) in [4.78, 5) is 14.5. The van der Waals surface area contributed by atoms with E-state index >= 15 is 0 Å². The second-order valence-electron chi connectivity index (χ2n) is 5.54. The predicted octanol–water partition coefficient (Wildman–Crippen LogP) is 2.32. The van der Waals surface area contributed by atoms with Gasteiger partial charge in [0.1, 0.15) is 6.10 Å². The number of ketones is 1. The average Bonchev–Trinajstić information content (AvgIpc) is 2.91. The number of benzene rings is 1. The van der Waals surface area contributed by atoms with Crippen molar-refractivity contribution in [2.75, 3.05) is 19.7 Å². The van der Waals surface area contributed by atoms with E-state index in [1.165, 1.54) is 19.1 Å². The number of ether oxygens (including phenoxy) is 1. The molecule has 1 aromatic rings. The Hall–Kier alpha value is -1.33. The summed E-state index contributed by atoms with van der Waals surface area (Å²) in [5, 5.41) is 0. The molecular formula is C15H17F2NO2. The van der Waals surface area contributed by atoms with E-state index < -0.39 is 23.5 Å². The van der Waals surface area contributed by atoms with Gasteiger partial charge in [0.05, 0.1) is 12.2 Å². The highest BCUT2D eigenvalue weighted by Crippen LogP contribution is 2.25. The third kappa shape index (κ3) is 2.25. The number of carbonyl (C=O) groups is 1. The fourth-order valence-corrected chi connectivity index (χ4v) is 2.99. The Morgan fingerprint density at radius 3 is 2.95 bits per heavy atom. The maximum absolute atomic E-state index is 13.9. The summed E-state index contributed by atoms with van der Waals surface area (Å²) in [5.41, 5.74) is -0.0148. The highest BCUT2D eigenvalue weighted by molar-refractivity contribution is 6.00. The molecule has 2 atom stereocenters. The van der Waals surface area contributed by atoms with Gasteiger partial charge in [-0.3, -0.25) is 9.69 Å². The SMILES string of the molecule is Cc1ccc(C(=O)C2CN3CCCC3CO2)c(F)c1F. The minimum Gasteiger partial charge on any atom is -0.367 e. The monoisotopic (exact) mass is 281 g/mol. The normalized spacial score (nSPS) is 26.6. The van der Waals surface area contributed by atoms with Gasteiger partial charge in [-0.15, -0.1) is 0 Å². The number of Topliss-reactive ketones (excluding diaryl/α,β-unsaturated/α-hetero) is 1. The maximum Gasteiger partial charge on any atom is 0.195 e. The first-order valence-corrected chi connectivity index (χ1v) is 6.92. The highest BCUT2D eigenvalue weighted by atomic mass is 19.2. The molecule has 108 valence electrons. The number of morpholine rings is 1. The first-order valence-electron chi connectivity index (χ1n) is 6.92. The molecule has 2 unspecified atom stereocenters. The Kier molecular flexibility index (Phi) is 3.56. The number of nitrogens with zero attached hydrogens (tertiary/aromatic N) is 1. The molecule has 0 bridgehead atoms. The summed E-state index contributed by atoms with van der Waals surface area (Å²) in [6, 6.07) is 3.14. The van der Waals surface area contributed by atoms with E-state index in [9.17, 15) is 13.6 Å². The summed E-state index contributed by atoms with van der Waals surface area (Å²) in [7, 11) is 0. The van der Waals surface area contributed by atoms with Crippen molar-refractivity contribution in [3.8, 4) is 0 Å². The molecule has 0 amide bonds. The standard InChI is InChI=1S/C15H17F2NO2/c1-9-4-5-11(14(17)13(9)16)15(19)12-7-18-6-2-3-10(18)8-20-12/h4-5,10,12H,2-3,6-8H2,1H3. The molecule has 0 aliphatic carbocycles. The quantitative estimate of drug-likeness (QED) is 0.779. The Morgan fingerprint density at radius 1 is 1.35 bits per heavy atom. The number of halogens is 2. The molecule has 2 heterocycles. The zero-order valence-electron chi connectivity index (χ0n) is 11.4. The minimum atomic E-state index is -1.07. The number of carbonyl (C=O) groups excluding carboxylic acids is 1. The van der Waals surface area contributed by atoms with Gasteiger partial charge in [0, 0.05) is 12.6 Å². The van der Waals surface area contributed by atoms with E-state index in [4.69, 9.17) is 4.74 Å². The smallest absolute Gasteiger partial charge is 0.195 e. The Balaban J connectivity index is 1.81. The van der Waals surface area contributed by atoms with Crippen LogP contribution in [0.25, 0.3) is 0 Å². The van der Waals surface area contributed by atoms with Gasteiger partial charge in [-0.2, -0.15) is 0 Å². The summed E-state index contributed by atoms with van der Waals surface area (Å²) >= 11 is 0. The van der Waals surface area contributed by atoms with Crippen LogP contribution in [-0.4, -0.2) is 42.5 Å². The van der Waals surface area contributed by atoms with Gasteiger partial charge in [0.2, 0.25) is 0 Å². The van der Waals surface area contributed by atoms with E-state index in [0.717, 1.165) is 19.4 Å². The van der Waals surface area contributed by atoms with Gasteiger partial charge in [0.25, 0.3) is 0 Å². The molecule has 2 aliphatic rings. The van der Waals surface area contributed by atoms with Gasteiger partial charge in [-0.25, -0.2) is 8.78 Å². The van der Waals surface area contributed by atoms with E-state index in [-0.39, 0.29) is 11.1 Å². The lowest BCUT2D eigenvalue weighted by atomic mass is 10.0. The number of rotatable bonds is 2. The molecule has 0 radical (unpaired) electrons. The van der Waals surface area contributed by atoms with Gasteiger partial charge in [0.15, 0.2) is 17.4 Å². The number of aryl methyl sites for hydroxylation is 1. The van der Waals surface area contributed by atoms with E-state index in [2.05, 4.69) is 4.90 Å². The third-order valence-electron chi connectivity index (χ3n) is 4.22. The van der Waals surface area contributed by atoms with Crippen LogP contribution in [0.5, 0.6) is 0 Å². The molecule has 0 N–H and O–H groups in total. The Labute approximate surface area is 116 Å².